The van der Waals surface area contributed by atoms with Crippen LogP contribution in [0.25, 0.3) is 0 Å². The van der Waals surface area contributed by atoms with Gasteiger partial charge in [0.25, 0.3) is 0 Å². The van der Waals surface area contributed by atoms with Crippen LogP contribution in [0.4, 0.5) is 11.4 Å². The number of amides is 2. The van der Waals surface area contributed by atoms with Crippen LogP contribution in [-0.2, 0) is 9.59 Å². The van der Waals surface area contributed by atoms with Gasteiger partial charge in [-0.2, -0.15) is 0 Å². The number of carbonyl (C=O) groups excluding carboxylic acids is 2. The minimum absolute atomic E-state index is 0.0114. The molecule has 0 aromatic heterocycles. The molecule has 2 aromatic rings. The second-order valence-corrected chi connectivity index (χ2v) is 6.45. The number of hydrogen-bond acceptors (Lipinski definition) is 2. The molecular weight excluding hydrogens is 300 g/mol. The Kier molecular flexibility index (Phi) is 4.38. The second kappa shape index (κ2) is 6.48. The van der Waals surface area contributed by atoms with Gasteiger partial charge in [0.05, 0.1) is 5.92 Å². The Morgan fingerprint density at radius 1 is 1.00 bits per heavy atom. The highest BCUT2D eigenvalue weighted by atomic mass is 16.2. The first-order valence-corrected chi connectivity index (χ1v) is 8.20. The molecule has 0 saturated carbocycles. The van der Waals surface area contributed by atoms with E-state index in [-0.39, 0.29) is 24.2 Å². The van der Waals surface area contributed by atoms with Crippen molar-refractivity contribution in [1.29, 1.82) is 0 Å². The number of rotatable bonds is 3. The van der Waals surface area contributed by atoms with Crippen molar-refractivity contribution < 1.29 is 9.59 Å². The smallest absolute Gasteiger partial charge is 0.229 e. The number of nitrogens with zero attached hydrogens (tertiary/aromatic N) is 1. The van der Waals surface area contributed by atoms with E-state index < -0.39 is 0 Å². The largest absolute Gasteiger partial charge is 0.326 e. The highest BCUT2D eigenvalue weighted by molar-refractivity contribution is 6.04. The topological polar surface area (TPSA) is 49.4 Å². The molecule has 1 aliphatic heterocycles. The Balaban J connectivity index is 1.77. The van der Waals surface area contributed by atoms with Gasteiger partial charge in [0.1, 0.15) is 0 Å². The van der Waals surface area contributed by atoms with Crippen LogP contribution in [-0.4, -0.2) is 18.4 Å². The van der Waals surface area contributed by atoms with E-state index in [9.17, 15) is 9.59 Å². The van der Waals surface area contributed by atoms with Gasteiger partial charge in [-0.25, -0.2) is 0 Å². The van der Waals surface area contributed by atoms with Gasteiger partial charge in [0, 0.05) is 24.3 Å². The van der Waals surface area contributed by atoms with Gasteiger partial charge in [-0.1, -0.05) is 36.4 Å². The molecule has 0 bridgehead atoms. The van der Waals surface area contributed by atoms with E-state index >= 15 is 0 Å². The summed E-state index contributed by atoms with van der Waals surface area (Å²) in [6.07, 6.45) is 0.255. The van der Waals surface area contributed by atoms with Crippen LogP contribution in [0.3, 0.4) is 0 Å². The predicted octanol–water partition coefficient (Wildman–Crippen LogP) is 3.60. The van der Waals surface area contributed by atoms with Crippen LogP contribution in [0, 0.1) is 26.7 Å². The third-order valence-corrected chi connectivity index (χ3v) is 4.61. The Morgan fingerprint density at radius 3 is 2.29 bits per heavy atom. The minimum atomic E-state index is -0.323. The molecule has 0 unspecified atom stereocenters. The van der Waals surface area contributed by atoms with Crippen molar-refractivity contribution >= 4 is 23.2 Å². The molecule has 4 heteroatoms. The first-order chi connectivity index (χ1) is 11.5. The van der Waals surface area contributed by atoms with Gasteiger partial charge >= 0.3 is 0 Å². The third kappa shape index (κ3) is 3.04. The molecule has 24 heavy (non-hydrogen) atoms. The number of carbonyl (C=O) groups is 2. The average Bonchev–Trinajstić information content (AvgIpc) is 2.91. The molecule has 0 spiro atoms. The standard InChI is InChI=1S/C20H22N2O2/c1-13-7-4-5-10-17(13)21-20(24)16-11-18(23)22(12-16)19-14(2)8-6-9-15(19)3/h4-10,16H,11-12H2,1-3H3,(H,21,24)/t16-/m1/s1. The van der Waals surface area contributed by atoms with E-state index in [2.05, 4.69) is 5.32 Å². The maximum atomic E-state index is 12.6. The molecule has 2 aromatic carbocycles. The lowest BCUT2D eigenvalue weighted by atomic mass is 10.1. The molecule has 124 valence electrons. The molecule has 1 fully saturated rings. The fraction of sp³-hybridized carbons (Fsp3) is 0.300. The van der Waals surface area contributed by atoms with E-state index in [4.69, 9.17) is 0 Å². The highest BCUT2D eigenvalue weighted by Gasteiger charge is 2.36. The summed E-state index contributed by atoms with van der Waals surface area (Å²) in [7, 11) is 0. The normalized spacial score (nSPS) is 17.2. The number of nitrogens with one attached hydrogen (secondary N) is 1. The molecule has 1 saturated heterocycles. The Hall–Kier alpha value is -2.62. The molecule has 0 radical (unpaired) electrons. The van der Waals surface area contributed by atoms with E-state index in [0.29, 0.717) is 6.54 Å². The number of hydrogen-bond donors (Lipinski definition) is 1. The Labute approximate surface area is 142 Å². The van der Waals surface area contributed by atoms with Gasteiger partial charge in [0.15, 0.2) is 0 Å². The molecule has 1 atom stereocenters. The predicted molar refractivity (Wildman–Crippen MR) is 96.2 cm³/mol. The fourth-order valence-electron chi connectivity index (χ4n) is 3.28. The van der Waals surface area contributed by atoms with Gasteiger partial charge in [0.2, 0.25) is 11.8 Å². The van der Waals surface area contributed by atoms with Crippen LogP contribution < -0.4 is 10.2 Å². The van der Waals surface area contributed by atoms with Crippen molar-refractivity contribution in [3.8, 4) is 0 Å². The molecule has 2 amide bonds. The summed E-state index contributed by atoms with van der Waals surface area (Å²) < 4.78 is 0. The molecule has 1 heterocycles. The highest BCUT2D eigenvalue weighted by Crippen LogP contribution is 2.31. The number of para-hydroxylation sites is 2. The number of benzene rings is 2. The van der Waals surface area contributed by atoms with Gasteiger partial charge in [-0.15, -0.1) is 0 Å². The van der Waals surface area contributed by atoms with Crippen LogP contribution >= 0.6 is 0 Å². The molecule has 3 rings (SSSR count). The van der Waals surface area contributed by atoms with E-state index in [1.54, 1.807) is 4.90 Å². The zero-order valence-electron chi connectivity index (χ0n) is 14.3. The molecule has 1 aliphatic rings. The van der Waals surface area contributed by atoms with E-state index in [1.807, 2.05) is 63.2 Å². The summed E-state index contributed by atoms with van der Waals surface area (Å²) in [4.78, 5) is 26.8. The lowest BCUT2D eigenvalue weighted by molar-refractivity contribution is -0.122. The van der Waals surface area contributed by atoms with Crippen molar-refractivity contribution in [3.63, 3.8) is 0 Å². The summed E-state index contributed by atoms with van der Waals surface area (Å²) in [6.45, 7) is 6.38. The van der Waals surface area contributed by atoms with Gasteiger partial charge in [-0.05, 0) is 43.5 Å². The number of aryl methyl sites for hydroxylation is 3. The third-order valence-electron chi connectivity index (χ3n) is 4.61. The first kappa shape index (κ1) is 16.2. The van der Waals surface area contributed by atoms with Crippen molar-refractivity contribution in [2.45, 2.75) is 27.2 Å². The monoisotopic (exact) mass is 322 g/mol. The zero-order chi connectivity index (χ0) is 17.3. The lowest BCUT2D eigenvalue weighted by Gasteiger charge is -2.21. The lowest BCUT2D eigenvalue weighted by Crippen LogP contribution is -2.29. The number of anilines is 2. The van der Waals surface area contributed by atoms with Gasteiger partial charge < -0.3 is 10.2 Å². The first-order valence-electron chi connectivity index (χ1n) is 8.20. The Morgan fingerprint density at radius 2 is 1.62 bits per heavy atom. The van der Waals surface area contributed by atoms with Crippen LogP contribution in [0.2, 0.25) is 0 Å². The van der Waals surface area contributed by atoms with Crippen molar-refractivity contribution in [2.75, 3.05) is 16.8 Å². The minimum Gasteiger partial charge on any atom is -0.326 e. The maximum Gasteiger partial charge on any atom is 0.229 e. The van der Waals surface area contributed by atoms with E-state index in [0.717, 1.165) is 28.1 Å². The summed E-state index contributed by atoms with van der Waals surface area (Å²) in [5.74, 6) is -0.403. The molecule has 1 N–H and O–H groups in total. The molecule has 0 aliphatic carbocycles. The van der Waals surface area contributed by atoms with E-state index in [1.165, 1.54) is 0 Å². The SMILES string of the molecule is Cc1ccccc1NC(=O)[C@@H]1CC(=O)N(c2c(C)cccc2C)C1. The summed E-state index contributed by atoms with van der Waals surface area (Å²) in [5, 5.41) is 2.96. The van der Waals surface area contributed by atoms with Crippen LogP contribution in [0.15, 0.2) is 42.5 Å². The fourth-order valence-corrected chi connectivity index (χ4v) is 3.28. The second-order valence-electron chi connectivity index (χ2n) is 6.45. The van der Waals surface area contributed by atoms with Gasteiger partial charge in [-0.3, -0.25) is 9.59 Å². The quantitative estimate of drug-likeness (QED) is 0.938. The van der Waals surface area contributed by atoms with Crippen LogP contribution in [0.1, 0.15) is 23.1 Å². The maximum absolute atomic E-state index is 12.6. The van der Waals surface area contributed by atoms with Crippen LogP contribution in [0.5, 0.6) is 0 Å². The summed E-state index contributed by atoms with van der Waals surface area (Å²) in [5.41, 5.74) is 4.88. The average molecular weight is 322 g/mol. The van der Waals surface area contributed by atoms with Crippen molar-refractivity contribution in [1.82, 2.24) is 0 Å². The van der Waals surface area contributed by atoms with Crippen molar-refractivity contribution in [3.05, 3.63) is 59.2 Å². The summed E-state index contributed by atoms with van der Waals surface area (Å²) >= 11 is 0. The summed E-state index contributed by atoms with van der Waals surface area (Å²) in [6, 6.07) is 13.6. The van der Waals surface area contributed by atoms with Crippen molar-refractivity contribution in [2.24, 2.45) is 5.92 Å². The molecule has 4 nitrogen and oxygen atoms in total. The zero-order valence-corrected chi connectivity index (χ0v) is 14.3. The Bertz CT molecular complexity index is 778. The molecular formula is C20H22N2O2.